The number of ether oxygens (including phenoxy) is 2. The van der Waals surface area contributed by atoms with Gasteiger partial charge in [-0.15, -0.1) is 11.3 Å². The number of thiophene rings is 1. The monoisotopic (exact) mass is 426 g/mol. The molecule has 1 aromatic carbocycles. The number of carbonyl (C=O) groups excluding carboxylic acids is 2. The van der Waals surface area contributed by atoms with E-state index in [0.29, 0.717) is 44.8 Å². The summed E-state index contributed by atoms with van der Waals surface area (Å²) in [5.41, 5.74) is 2.83. The second-order valence-electron chi connectivity index (χ2n) is 7.46. The molecule has 1 amide bonds. The maximum Gasteiger partial charge on any atom is 0.309 e. The van der Waals surface area contributed by atoms with Crippen molar-refractivity contribution in [2.45, 2.75) is 26.3 Å². The zero-order valence-corrected chi connectivity index (χ0v) is 18.1. The largest absolute Gasteiger partial charge is 0.497 e. The number of esters is 1. The molecule has 1 fully saturated rings. The molecule has 0 radical (unpaired) electrons. The number of fused-ring (bicyclic) bond motifs is 1. The molecular weight excluding hydrogens is 400 g/mol. The normalized spacial score (nSPS) is 14.8. The van der Waals surface area contributed by atoms with Crippen molar-refractivity contribution in [2.24, 2.45) is 5.92 Å². The van der Waals surface area contributed by atoms with Crippen LogP contribution in [0, 0.1) is 5.92 Å². The van der Waals surface area contributed by atoms with E-state index in [1.165, 1.54) is 0 Å². The van der Waals surface area contributed by atoms with Gasteiger partial charge in [0, 0.05) is 19.6 Å². The molecule has 7 heteroatoms. The topological polar surface area (TPSA) is 60.8 Å². The maximum atomic E-state index is 13.4. The Morgan fingerprint density at radius 2 is 1.97 bits per heavy atom. The Kier molecular flexibility index (Phi) is 6.08. The van der Waals surface area contributed by atoms with Crippen LogP contribution in [0.25, 0.3) is 10.2 Å². The zero-order valence-electron chi connectivity index (χ0n) is 17.3. The third-order valence-corrected chi connectivity index (χ3v) is 6.47. The molecule has 0 unspecified atom stereocenters. The van der Waals surface area contributed by atoms with Crippen LogP contribution in [-0.2, 0) is 16.1 Å². The van der Waals surface area contributed by atoms with Crippen LogP contribution in [-0.4, -0.2) is 48.1 Å². The molecular formula is C23H26N2O4S. The van der Waals surface area contributed by atoms with Crippen LogP contribution in [0.15, 0.2) is 41.8 Å². The molecule has 2 aromatic heterocycles. The number of carbonyl (C=O) groups is 2. The van der Waals surface area contributed by atoms with E-state index in [0.717, 1.165) is 21.5 Å². The molecule has 158 valence electrons. The molecule has 30 heavy (non-hydrogen) atoms. The van der Waals surface area contributed by atoms with Gasteiger partial charge in [0.1, 0.15) is 11.4 Å². The number of benzene rings is 1. The number of piperidine rings is 1. The van der Waals surface area contributed by atoms with Gasteiger partial charge in [-0.2, -0.15) is 0 Å². The molecule has 4 rings (SSSR count). The van der Waals surface area contributed by atoms with Gasteiger partial charge >= 0.3 is 5.97 Å². The average Bonchev–Trinajstić information content (AvgIpc) is 3.36. The highest BCUT2D eigenvalue weighted by atomic mass is 32.1. The Morgan fingerprint density at radius 3 is 2.70 bits per heavy atom. The molecule has 3 aromatic rings. The van der Waals surface area contributed by atoms with Crippen molar-refractivity contribution >= 4 is 33.4 Å². The van der Waals surface area contributed by atoms with Gasteiger partial charge in [0.15, 0.2) is 0 Å². The molecule has 3 heterocycles. The first-order chi connectivity index (χ1) is 14.6. The first kappa shape index (κ1) is 20.5. The number of amides is 1. The standard InChI is InChI=1S/C23H26N2O4S/c1-3-29-23(27)17-7-10-24(11-8-17)22(26)20-14-21-19(9-12-30-21)25(20)15-16-5-4-6-18(13-16)28-2/h4-6,9,12-14,17H,3,7-8,10-11,15H2,1-2H3. The van der Waals surface area contributed by atoms with E-state index in [1.54, 1.807) is 18.4 Å². The summed E-state index contributed by atoms with van der Waals surface area (Å²) < 4.78 is 13.7. The van der Waals surface area contributed by atoms with E-state index in [1.807, 2.05) is 47.5 Å². The van der Waals surface area contributed by atoms with Crippen LogP contribution in [0.2, 0.25) is 0 Å². The predicted octanol–water partition coefficient (Wildman–Crippen LogP) is 4.18. The fourth-order valence-corrected chi connectivity index (χ4v) is 4.84. The summed E-state index contributed by atoms with van der Waals surface area (Å²) in [5.74, 6) is 0.561. The Hall–Kier alpha value is -2.80. The van der Waals surface area contributed by atoms with Gasteiger partial charge in [0.05, 0.1) is 29.9 Å². The fourth-order valence-electron chi connectivity index (χ4n) is 4.02. The van der Waals surface area contributed by atoms with Crippen molar-refractivity contribution in [2.75, 3.05) is 26.8 Å². The highest BCUT2D eigenvalue weighted by Crippen LogP contribution is 2.29. The molecule has 1 aliphatic rings. The molecule has 0 atom stereocenters. The lowest BCUT2D eigenvalue weighted by molar-refractivity contribution is -0.149. The maximum absolute atomic E-state index is 13.4. The Morgan fingerprint density at radius 1 is 1.17 bits per heavy atom. The van der Waals surface area contributed by atoms with Crippen molar-refractivity contribution in [3.8, 4) is 5.75 Å². The summed E-state index contributed by atoms with van der Waals surface area (Å²) in [7, 11) is 1.65. The number of hydrogen-bond acceptors (Lipinski definition) is 5. The highest BCUT2D eigenvalue weighted by molar-refractivity contribution is 7.17. The molecule has 0 bridgehead atoms. The molecule has 0 aliphatic carbocycles. The Bertz CT molecular complexity index is 1050. The Balaban J connectivity index is 1.55. The highest BCUT2D eigenvalue weighted by Gasteiger charge is 2.30. The quantitative estimate of drug-likeness (QED) is 0.555. The zero-order chi connectivity index (χ0) is 21.1. The van der Waals surface area contributed by atoms with Crippen LogP contribution < -0.4 is 4.74 Å². The molecule has 0 saturated carbocycles. The third kappa shape index (κ3) is 4.07. The van der Waals surface area contributed by atoms with Gasteiger partial charge in [0.2, 0.25) is 0 Å². The average molecular weight is 427 g/mol. The minimum Gasteiger partial charge on any atom is -0.497 e. The van der Waals surface area contributed by atoms with E-state index in [4.69, 9.17) is 9.47 Å². The number of likely N-dealkylation sites (tertiary alicyclic amines) is 1. The summed E-state index contributed by atoms with van der Waals surface area (Å²) in [4.78, 5) is 27.2. The molecule has 0 spiro atoms. The van der Waals surface area contributed by atoms with Crippen molar-refractivity contribution in [3.05, 3.63) is 53.0 Å². The SMILES string of the molecule is CCOC(=O)C1CCN(C(=O)c2cc3sccc3n2Cc2cccc(OC)c2)CC1. The lowest BCUT2D eigenvalue weighted by Gasteiger charge is -2.31. The van der Waals surface area contributed by atoms with Gasteiger partial charge in [-0.25, -0.2) is 0 Å². The number of aromatic nitrogens is 1. The van der Waals surface area contributed by atoms with Gasteiger partial charge in [0.25, 0.3) is 5.91 Å². The van der Waals surface area contributed by atoms with Crippen molar-refractivity contribution in [1.29, 1.82) is 0 Å². The van der Waals surface area contributed by atoms with Crippen LogP contribution in [0.3, 0.4) is 0 Å². The smallest absolute Gasteiger partial charge is 0.309 e. The van der Waals surface area contributed by atoms with Gasteiger partial charge in [-0.05, 0) is 55.0 Å². The lowest BCUT2D eigenvalue weighted by atomic mass is 9.97. The van der Waals surface area contributed by atoms with Gasteiger partial charge in [-0.3, -0.25) is 9.59 Å². The summed E-state index contributed by atoms with van der Waals surface area (Å²) in [5, 5.41) is 2.05. The van der Waals surface area contributed by atoms with Crippen LogP contribution in [0.1, 0.15) is 35.8 Å². The van der Waals surface area contributed by atoms with E-state index in [2.05, 4.69) is 10.6 Å². The number of nitrogens with zero attached hydrogens (tertiary/aromatic N) is 2. The molecule has 1 aliphatic heterocycles. The molecule has 6 nitrogen and oxygen atoms in total. The van der Waals surface area contributed by atoms with E-state index < -0.39 is 0 Å². The minimum atomic E-state index is -0.147. The van der Waals surface area contributed by atoms with Crippen molar-refractivity contribution < 1.29 is 19.1 Å². The minimum absolute atomic E-state index is 0.0172. The molecule has 1 saturated heterocycles. The summed E-state index contributed by atoms with van der Waals surface area (Å²) in [6, 6.07) is 12.0. The van der Waals surface area contributed by atoms with Crippen molar-refractivity contribution in [3.63, 3.8) is 0 Å². The second kappa shape index (κ2) is 8.92. The van der Waals surface area contributed by atoms with Crippen LogP contribution in [0.5, 0.6) is 5.75 Å². The van der Waals surface area contributed by atoms with Crippen LogP contribution >= 0.6 is 11.3 Å². The first-order valence-corrected chi connectivity index (χ1v) is 11.1. The van der Waals surface area contributed by atoms with Crippen LogP contribution in [0.4, 0.5) is 0 Å². The summed E-state index contributed by atoms with van der Waals surface area (Å²) >= 11 is 1.64. The number of methoxy groups -OCH3 is 1. The number of hydrogen-bond donors (Lipinski definition) is 0. The lowest BCUT2D eigenvalue weighted by Crippen LogP contribution is -2.41. The summed E-state index contributed by atoms with van der Waals surface area (Å²) in [6.07, 6.45) is 1.30. The number of rotatable bonds is 6. The Labute approximate surface area is 180 Å². The van der Waals surface area contributed by atoms with Gasteiger partial charge in [-0.1, -0.05) is 12.1 Å². The van der Waals surface area contributed by atoms with E-state index in [9.17, 15) is 9.59 Å². The predicted molar refractivity (Wildman–Crippen MR) is 117 cm³/mol. The first-order valence-electron chi connectivity index (χ1n) is 10.3. The van der Waals surface area contributed by atoms with Gasteiger partial charge < -0.3 is 18.9 Å². The van der Waals surface area contributed by atoms with E-state index >= 15 is 0 Å². The fraction of sp³-hybridized carbons (Fsp3) is 0.391. The third-order valence-electron chi connectivity index (χ3n) is 5.62. The van der Waals surface area contributed by atoms with E-state index in [-0.39, 0.29) is 17.8 Å². The second-order valence-corrected chi connectivity index (χ2v) is 8.40. The van der Waals surface area contributed by atoms with Crippen molar-refractivity contribution in [1.82, 2.24) is 9.47 Å². The summed E-state index contributed by atoms with van der Waals surface area (Å²) in [6.45, 7) is 3.95. The molecule has 0 N–H and O–H groups in total.